The maximum absolute atomic E-state index is 11.0. The minimum atomic E-state index is -1.08. The van der Waals surface area contributed by atoms with Gasteiger partial charge >= 0.3 is 0 Å². The Labute approximate surface area is 260 Å². The van der Waals surface area contributed by atoms with Gasteiger partial charge in [-0.2, -0.15) is 0 Å². The summed E-state index contributed by atoms with van der Waals surface area (Å²) in [6.45, 7) is 11.6. The highest BCUT2D eigenvalue weighted by Gasteiger charge is 2.46. The predicted molar refractivity (Wildman–Crippen MR) is 172 cm³/mol. The van der Waals surface area contributed by atoms with Gasteiger partial charge in [0, 0.05) is 34.8 Å². The number of aromatic amines is 1. The van der Waals surface area contributed by atoms with E-state index in [4.69, 9.17) is 15.5 Å². The Morgan fingerprint density at radius 3 is 2.67 bits per heavy atom. The summed E-state index contributed by atoms with van der Waals surface area (Å²) in [6.07, 6.45) is 4.15. The van der Waals surface area contributed by atoms with E-state index in [0.29, 0.717) is 30.0 Å². The Morgan fingerprint density at radius 2 is 1.95 bits per heavy atom. The van der Waals surface area contributed by atoms with Gasteiger partial charge in [0.1, 0.15) is 41.9 Å². The summed E-state index contributed by atoms with van der Waals surface area (Å²) in [5, 5.41) is 22.8. The number of ether oxygens (including phenoxy) is 1. The maximum atomic E-state index is 11.0. The van der Waals surface area contributed by atoms with Crippen LogP contribution in [0.1, 0.15) is 71.5 Å². The number of anilines is 1. The molecule has 0 radical (unpaired) electrons. The molecule has 0 bridgehead atoms. The summed E-state index contributed by atoms with van der Waals surface area (Å²) >= 11 is 2.18. The molecule has 2 fully saturated rings. The van der Waals surface area contributed by atoms with Crippen LogP contribution in [0.4, 0.5) is 5.82 Å². The van der Waals surface area contributed by atoms with Gasteiger partial charge in [0.05, 0.1) is 16.4 Å². The van der Waals surface area contributed by atoms with E-state index < -0.39 is 24.5 Å². The van der Waals surface area contributed by atoms with Crippen LogP contribution >= 0.6 is 22.6 Å². The lowest BCUT2D eigenvalue weighted by Crippen LogP contribution is -2.52. The van der Waals surface area contributed by atoms with Gasteiger partial charge in [-0.25, -0.2) is 15.0 Å². The van der Waals surface area contributed by atoms with Crippen LogP contribution in [-0.4, -0.2) is 76.6 Å². The number of benzene rings is 1. The second-order valence-electron chi connectivity index (χ2n) is 13.4. The maximum Gasteiger partial charge on any atom is 0.164 e. The van der Waals surface area contributed by atoms with Crippen LogP contribution in [0, 0.1) is 9.49 Å². The molecule has 4 aromatic rings. The van der Waals surface area contributed by atoms with E-state index in [-0.39, 0.29) is 11.5 Å². The molecule has 0 unspecified atom stereocenters. The number of fused-ring (bicyclic) bond motifs is 2. The molecule has 1 aromatic carbocycles. The number of nitrogens with two attached hydrogens (primary N) is 1. The minimum absolute atomic E-state index is 0.105. The zero-order valence-corrected chi connectivity index (χ0v) is 27.1. The van der Waals surface area contributed by atoms with Gasteiger partial charge in [-0.3, -0.25) is 4.90 Å². The standard InChI is InChI=1S/C31H42IN7O3/c1-16(2)38(14-23-26(40)27(41)30(42-23)39-13-20(32)25-28(33)34-15-35-29(25)39)19-10-17(11-19)6-9-24-36-21-8-7-18(31(3,4)5)12-22(21)37-24/h7-8,12-13,15-17,19,23,26-27,30,40-41H,6,9-11,14H2,1-5H3,(H,36,37)(H2,33,34,35)/t17-,19+,23-,26-,27-,30-/m1/s1. The van der Waals surface area contributed by atoms with Crippen molar-refractivity contribution >= 4 is 50.5 Å². The van der Waals surface area contributed by atoms with Gasteiger partial charge in [-0.1, -0.05) is 26.8 Å². The first-order valence-corrected chi connectivity index (χ1v) is 16.0. The number of nitrogens with zero attached hydrogens (tertiary/aromatic N) is 5. The largest absolute Gasteiger partial charge is 0.387 e. The number of aryl methyl sites for hydroxylation is 1. The highest BCUT2D eigenvalue weighted by atomic mass is 127. The molecule has 4 atom stereocenters. The SMILES string of the molecule is CC(C)N(C[C@H]1O[C@@H](n2cc(I)c3c(N)ncnc32)[C@H](O)[C@@H]1O)[C@H]1C[C@@H](CCc2nc3cc(C(C)(C)C)ccc3[nH]2)C1. The molecule has 0 amide bonds. The molecular weight excluding hydrogens is 645 g/mol. The smallest absolute Gasteiger partial charge is 0.164 e. The Morgan fingerprint density at radius 1 is 1.19 bits per heavy atom. The van der Waals surface area contributed by atoms with Crippen molar-refractivity contribution in [1.29, 1.82) is 0 Å². The normalized spacial score (nSPS) is 26.6. The summed E-state index contributed by atoms with van der Waals surface area (Å²) in [7, 11) is 0. The number of aliphatic hydroxyl groups is 2. The molecule has 6 rings (SSSR count). The molecule has 1 saturated carbocycles. The minimum Gasteiger partial charge on any atom is -0.387 e. The molecule has 226 valence electrons. The summed E-state index contributed by atoms with van der Waals surface area (Å²) in [6, 6.07) is 7.26. The molecule has 42 heavy (non-hydrogen) atoms. The molecular formula is C31H42IN7O3. The second-order valence-corrected chi connectivity index (χ2v) is 14.5. The molecule has 1 aliphatic carbocycles. The molecule has 0 spiro atoms. The lowest BCUT2D eigenvalue weighted by molar-refractivity contribution is -0.0619. The number of H-pyrrole nitrogens is 1. The fraction of sp³-hybridized carbons (Fsp3) is 0.581. The Hall–Kier alpha value is -2.32. The zero-order valence-electron chi connectivity index (χ0n) is 25.0. The van der Waals surface area contributed by atoms with Crippen LogP contribution in [0.5, 0.6) is 0 Å². The first-order chi connectivity index (χ1) is 19.9. The van der Waals surface area contributed by atoms with Crippen molar-refractivity contribution in [3.8, 4) is 0 Å². The van der Waals surface area contributed by atoms with Crippen LogP contribution in [0.3, 0.4) is 0 Å². The van der Waals surface area contributed by atoms with Crippen molar-refractivity contribution in [2.75, 3.05) is 12.3 Å². The van der Waals surface area contributed by atoms with E-state index in [9.17, 15) is 10.2 Å². The van der Waals surface area contributed by atoms with Crippen LogP contribution < -0.4 is 5.73 Å². The molecule has 3 aromatic heterocycles. The van der Waals surface area contributed by atoms with Gasteiger partial charge in [-0.05, 0) is 84.7 Å². The van der Waals surface area contributed by atoms with Crippen LogP contribution in [0.2, 0.25) is 0 Å². The fourth-order valence-electron chi connectivity index (χ4n) is 6.55. The third-order valence-corrected chi connectivity index (χ3v) is 9.94. The van der Waals surface area contributed by atoms with E-state index in [0.717, 1.165) is 51.5 Å². The number of hydrogen-bond donors (Lipinski definition) is 4. The Kier molecular flexibility index (Phi) is 8.01. The highest BCUT2D eigenvalue weighted by molar-refractivity contribution is 14.1. The molecule has 5 N–H and O–H groups in total. The Balaban J connectivity index is 1.07. The second kappa shape index (κ2) is 11.3. The van der Waals surface area contributed by atoms with Crippen molar-refractivity contribution in [3.05, 3.63) is 45.7 Å². The first-order valence-electron chi connectivity index (χ1n) is 14.9. The van der Waals surface area contributed by atoms with Gasteiger partial charge in [0.25, 0.3) is 0 Å². The molecule has 10 nitrogen and oxygen atoms in total. The third-order valence-electron chi connectivity index (χ3n) is 9.13. The monoisotopic (exact) mass is 687 g/mol. The lowest BCUT2D eigenvalue weighted by Gasteiger charge is -2.46. The number of aliphatic hydroxyl groups excluding tert-OH is 2. The van der Waals surface area contributed by atoms with E-state index in [2.05, 4.69) is 95.3 Å². The van der Waals surface area contributed by atoms with Crippen LogP contribution in [-0.2, 0) is 16.6 Å². The first kappa shape index (κ1) is 29.7. The molecule has 2 aliphatic rings. The van der Waals surface area contributed by atoms with Crippen molar-refractivity contribution in [1.82, 2.24) is 29.4 Å². The van der Waals surface area contributed by atoms with E-state index in [1.807, 2.05) is 6.20 Å². The highest BCUT2D eigenvalue weighted by Crippen LogP contribution is 2.39. The summed E-state index contributed by atoms with van der Waals surface area (Å²) in [5.74, 6) is 2.08. The number of rotatable bonds is 8. The topological polar surface area (TPSA) is 138 Å². The van der Waals surface area contributed by atoms with Gasteiger partial charge < -0.3 is 30.2 Å². The van der Waals surface area contributed by atoms with Crippen LogP contribution in [0.15, 0.2) is 30.7 Å². The van der Waals surface area contributed by atoms with Gasteiger partial charge in [0.2, 0.25) is 0 Å². The van der Waals surface area contributed by atoms with Crippen molar-refractivity contribution in [3.63, 3.8) is 0 Å². The number of nitrogen functional groups attached to an aromatic ring is 1. The van der Waals surface area contributed by atoms with E-state index in [1.54, 1.807) is 4.57 Å². The predicted octanol–water partition coefficient (Wildman–Crippen LogP) is 4.53. The molecule has 1 aliphatic heterocycles. The fourth-order valence-corrected chi connectivity index (χ4v) is 7.36. The van der Waals surface area contributed by atoms with Crippen LogP contribution in [0.25, 0.3) is 22.1 Å². The van der Waals surface area contributed by atoms with Gasteiger partial charge in [-0.15, -0.1) is 0 Å². The average Bonchev–Trinajstić information content (AvgIpc) is 3.55. The molecule has 4 heterocycles. The number of hydrogen-bond acceptors (Lipinski definition) is 8. The van der Waals surface area contributed by atoms with E-state index in [1.165, 1.54) is 11.9 Å². The Bertz CT molecular complexity index is 1570. The quantitative estimate of drug-likeness (QED) is 0.198. The third kappa shape index (κ3) is 5.54. The number of aromatic nitrogens is 5. The summed E-state index contributed by atoms with van der Waals surface area (Å²) in [5.41, 5.74) is 10.2. The van der Waals surface area contributed by atoms with Crippen molar-refractivity contribution < 1.29 is 14.9 Å². The lowest BCUT2D eigenvalue weighted by atomic mass is 9.76. The number of imidazole rings is 1. The molecule has 11 heteroatoms. The molecule has 1 saturated heterocycles. The summed E-state index contributed by atoms with van der Waals surface area (Å²) < 4.78 is 8.97. The number of nitrogens with one attached hydrogen (secondary N) is 1. The number of halogens is 1. The van der Waals surface area contributed by atoms with Gasteiger partial charge in [0.15, 0.2) is 6.23 Å². The zero-order chi connectivity index (χ0) is 29.9. The van der Waals surface area contributed by atoms with Crippen molar-refractivity contribution in [2.24, 2.45) is 5.92 Å². The van der Waals surface area contributed by atoms with E-state index >= 15 is 0 Å². The van der Waals surface area contributed by atoms with Crippen molar-refractivity contribution in [2.45, 2.75) is 102 Å². The summed E-state index contributed by atoms with van der Waals surface area (Å²) in [4.78, 5) is 19.3. The average molecular weight is 688 g/mol.